The molecule has 0 radical (unpaired) electrons. The summed E-state index contributed by atoms with van der Waals surface area (Å²) < 4.78 is 5.18. The molecule has 0 aliphatic heterocycles. The molecule has 5 heteroatoms. The van der Waals surface area contributed by atoms with Gasteiger partial charge in [-0.3, -0.25) is 0 Å². The highest BCUT2D eigenvalue weighted by Gasteiger charge is 2.13. The van der Waals surface area contributed by atoms with Gasteiger partial charge in [-0.1, -0.05) is 0 Å². The summed E-state index contributed by atoms with van der Waals surface area (Å²) in [5.74, 6) is -0.454. The van der Waals surface area contributed by atoms with E-state index in [-0.39, 0.29) is 18.4 Å². The van der Waals surface area contributed by atoms with E-state index in [2.05, 4.69) is 5.32 Å². The maximum absolute atomic E-state index is 10.6. The van der Waals surface area contributed by atoms with Crippen molar-refractivity contribution in [3.8, 4) is 0 Å². The maximum atomic E-state index is 10.6. The number of carbonyl (C=O) groups is 1. The van der Waals surface area contributed by atoms with Gasteiger partial charge in [0.25, 0.3) is 0 Å². The van der Waals surface area contributed by atoms with Gasteiger partial charge in [-0.15, -0.1) is 0 Å². The quantitative estimate of drug-likeness (QED) is 0.604. The summed E-state index contributed by atoms with van der Waals surface area (Å²) in [5.41, 5.74) is 0. The van der Waals surface area contributed by atoms with Crippen molar-refractivity contribution >= 4 is 5.97 Å². The Morgan fingerprint density at radius 1 is 1.41 bits per heavy atom. The van der Waals surface area contributed by atoms with Crippen LogP contribution in [0.1, 0.15) is 48.5 Å². The van der Waals surface area contributed by atoms with E-state index in [1.807, 2.05) is 6.92 Å². The molecule has 1 atom stereocenters. The van der Waals surface area contributed by atoms with Crippen molar-refractivity contribution in [2.24, 2.45) is 0 Å². The van der Waals surface area contributed by atoms with Gasteiger partial charge in [0.15, 0.2) is 0 Å². The second-order valence-electron chi connectivity index (χ2n) is 3.97. The average Bonchev–Trinajstić information content (AvgIpc) is 2.78. The fourth-order valence-electron chi connectivity index (χ4n) is 1.53. The minimum absolute atomic E-state index is 0.00257. The molecule has 17 heavy (non-hydrogen) atoms. The Kier molecular flexibility index (Phi) is 5.72. The summed E-state index contributed by atoms with van der Waals surface area (Å²) in [5, 5.41) is 20.6. The smallest absolute Gasteiger partial charge is 0.371 e. The van der Waals surface area contributed by atoms with E-state index in [0.717, 1.165) is 25.8 Å². The van der Waals surface area contributed by atoms with Crippen LogP contribution in [-0.2, 0) is 0 Å². The third-order valence-electron chi connectivity index (χ3n) is 2.55. The molecule has 0 aliphatic rings. The number of hydrogen-bond donors (Lipinski definition) is 3. The average molecular weight is 241 g/mol. The Bertz CT molecular complexity index is 348. The lowest BCUT2D eigenvalue weighted by Gasteiger charge is -2.10. The van der Waals surface area contributed by atoms with E-state index in [9.17, 15) is 4.79 Å². The monoisotopic (exact) mass is 241 g/mol. The number of furan rings is 1. The zero-order valence-electron chi connectivity index (χ0n) is 9.98. The number of hydrogen-bond acceptors (Lipinski definition) is 4. The molecule has 0 aromatic carbocycles. The van der Waals surface area contributed by atoms with E-state index in [0.29, 0.717) is 5.76 Å². The van der Waals surface area contributed by atoms with Crippen LogP contribution in [0.4, 0.5) is 0 Å². The highest BCUT2D eigenvalue weighted by molar-refractivity contribution is 5.84. The standard InChI is InChI=1S/C12H19NO4/c1-9(13-7-3-2-4-8-14)10-5-6-11(17-10)12(15)16/h5-6,9,13-14H,2-4,7-8H2,1H3,(H,15,16). The molecular weight excluding hydrogens is 222 g/mol. The number of aromatic carboxylic acids is 1. The molecule has 0 saturated carbocycles. The first-order valence-corrected chi connectivity index (χ1v) is 5.82. The summed E-state index contributed by atoms with van der Waals surface area (Å²) >= 11 is 0. The first kappa shape index (κ1) is 13.7. The zero-order valence-corrected chi connectivity index (χ0v) is 9.98. The minimum atomic E-state index is -1.05. The highest BCUT2D eigenvalue weighted by atomic mass is 16.4. The summed E-state index contributed by atoms with van der Waals surface area (Å²) in [6.07, 6.45) is 2.78. The van der Waals surface area contributed by atoms with Crippen molar-refractivity contribution in [1.82, 2.24) is 5.32 Å². The van der Waals surface area contributed by atoms with Gasteiger partial charge >= 0.3 is 5.97 Å². The van der Waals surface area contributed by atoms with Crippen LogP contribution in [0.5, 0.6) is 0 Å². The van der Waals surface area contributed by atoms with Crippen LogP contribution in [0, 0.1) is 0 Å². The maximum Gasteiger partial charge on any atom is 0.371 e. The molecule has 0 saturated heterocycles. The van der Waals surface area contributed by atoms with Crippen molar-refractivity contribution in [3.05, 3.63) is 23.7 Å². The van der Waals surface area contributed by atoms with Crippen molar-refractivity contribution in [2.45, 2.75) is 32.2 Å². The van der Waals surface area contributed by atoms with Gasteiger partial charge in [-0.2, -0.15) is 0 Å². The molecule has 3 N–H and O–H groups in total. The van der Waals surface area contributed by atoms with Crippen molar-refractivity contribution in [3.63, 3.8) is 0 Å². The number of carboxylic acids is 1. The van der Waals surface area contributed by atoms with Crippen LogP contribution < -0.4 is 5.32 Å². The second-order valence-corrected chi connectivity index (χ2v) is 3.97. The third kappa shape index (κ3) is 4.58. The highest BCUT2D eigenvalue weighted by Crippen LogP contribution is 2.16. The summed E-state index contributed by atoms with van der Waals surface area (Å²) in [7, 11) is 0. The lowest BCUT2D eigenvalue weighted by Crippen LogP contribution is -2.19. The number of aliphatic hydroxyl groups is 1. The van der Waals surface area contributed by atoms with Crippen LogP contribution in [0.3, 0.4) is 0 Å². The van der Waals surface area contributed by atoms with Gasteiger partial charge in [0.2, 0.25) is 5.76 Å². The molecule has 0 fully saturated rings. The lowest BCUT2D eigenvalue weighted by molar-refractivity contribution is 0.0659. The van der Waals surface area contributed by atoms with E-state index >= 15 is 0 Å². The molecule has 1 aromatic heterocycles. The first-order valence-electron chi connectivity index (χ1n) is 5.82. The number of rotatable bonds is 8. The van der Waals surface area contributed by atoms with Crippen molar-refractivity contribution in [1.29, 1.82) is 0 Å². The van der Waals surface area contributed by atoms with Crippen LogP contribution in [0.15, 0.2) is 16.5 Å². The predicted molar refractivity (Wildman–Crippen MR) is 63.0 cm³/mol. The molecule has 0 amide bonds. The molecule has 1 aromatic rings. The van der Waals surface area contributed by atoms with E-state index in [1.165, 1.54) is 6.07 Å². The van der Waals surface area contributed by atoms with E-state index in [1.54, 1.807) is 6.07 Å². The molecule has 0 bridgehead atoms. The molecule has 0 spiro atoms. The third-order valence-corrected chi connectivity index (χ3v) is 2.55. The SMILES string of the molecule is CC(NCCCCCO)c1ccc(C(=O)O)o1. The minimum Gasteiger partial charge on any atom is -0.475 e. The van der Waals surface area contributed by atoms with E-state index < -0.39 is 5.97 Å². The summed E-state index contributed by atoms with van der Waals surface area (Å²) in [6.45, 7) is 2.98. The van der Waals surface area contributed by atoms with Gasteiger partial charge < -0.3 is 19.9 Å². The van der Waals surface area contributed by atoms with Gasteiger partial charge in [0.1, 0.15) is 5.76 Å². The van der Waals surface area contributed by atoms with Crippen molar-refractivity contribution in [2.75, 3.05) is 13.2 Å². The number of aliphatic hydroxyl groups excluding tert-OH is 1. The number of carboxylic acid groups (broad SMARTS) is 1. The molecular formula is C12H19NO4. The Balaban J connectivity index is 2.31. The molecule has 1 rings (SSSR count). The first-order chi connectivity index (χ1) is 8.15. The topological polar surface area (TPSA) is 82.7 Å². The van der Waals surface area contributed by atoms with E-state index in [4.69, 9.17) is 14.6 Å². The Hall–Kier alpha value is -1.33. The van der Waals surface area contributed by atoms with Crippen LogP contribution in [0.25, 0.3) is 0 Å². The molecule has 0 aliphatic carbocycles. The predicted octanol–water partition coefficient (Wildman–Crippen LogP) is 1.79. The Labute approximate surface area is 100 Å². The normalized spacial score (nSPS) is 12.6. The lowest BCUT2D eigenvalue weighted by atomic mass is 10.2. The summed E-state index contributed by atoms with van der Waals surface area (Å²) in [4.78, 5) is 10.6. The Morgan fingerprint density at radius 2 is 2.18 bits per heavy atom. The Morgan fingerprint density at radius 3 is 2.76 bits per heavy atom. The van der Waals surface area contributed by atoms with Crippen LogP contribution >= 0.6 is 0 Å². The second kappa shape index (κ2) is 7.09. The van der Waals surface area contributed by atoms with Crippen molar-refractivity contribution < 1.29 is 19.4 Å². The number of unbranched alkanes of at least 4 members (excludes halogenated alkanes) is 2. The van der Waals surface area contributed by atoms with Crippen LogP contribution in [-0.4, -0.2) is 29.3 Å². The van der Waals surface area contributed by atoms with Gasteiger partial charge in [-0.25, -0.2) is 4.79 Å². The van der Waals surface area contributed by atoms with Gasteiger partial charge in [-0.05, 0) is 44.9 Å². The molecule has 96 valence electrons. The largest absolute Gasteiger partial charge is 0.475 e. The van der Waals surface area contributed by atoms with Crippen LogP contribution in [0.2, 0.25) is 0 Å². The summed E-state index contributed by atoms with van der Waals surface area (Å²) in [6, 6.07) is 3.13. The fourth-order valence-corrected chi connectivity index (χ4v) is 1.53. The zero-order chi connectivity index (χ0) is 12.7. The number of nitrogens with one attached hydrogen (secondary N) is 1. The van der Waals surface area contributed by atoms with Gasteiger partial charge in [0, 0.05) is 6.61 Å². The molecule has 5 nitrogen and oxygen atoms in total. The molecule has 1 unspecified atom stereocenters. The molecule has 1 heterocycles. The van der Waals surface area contributed by atoms with Gasteiger partial charge in [0.05, 0.1) is 6.04 Å². The fraction of sp³-hybridized carbons (Fsp3) is 0.583.